The Labute approximate surface area is 169 Å². The van der Waals surface area contributed by atoms with Crippen LogP contribution >= 0.6 is 24.8 Å². The molecule has 2 saturated heterocycles. The van der Waals surface area contributed by atoms with E-state index in [1.807, 2.05) is 17.0 Å². The molecular formula is C19H32Cl2N4O. The fraction of sp³-hybridized carbons (Fsp3) is 0.632. The summed E-state index contributed by atoms with van der Waals surface area (Å²) in [6.45, 7) is 11.4. The zero-order valence-electron chi connectivity index (χ0n) is 16.0. The van der Waals surface area contributed by atoms with E-state index in [4.69, 9.17) is 0 Å². The zero-order valence-corrected chi connectivity index (χ0v) is 17.6. The monoisotopic (exact) mass is 402 g/mol. The van der Waals surface area contributed by atoms with Gasteiger partial charge in [0.2, 0.25) is 0 Å². The molecule has 0 spiro atoms. The van der Waals surface area contributed by atoms with E-state index < -0.39 is 0 Å². The van der Waals surface area contributed by atoms with Crippen LogP contribution in [0.3, 0.4) is 0 Å². The van der Waals surface area contributed by atoms with Crippen molar-refractivity contribution in [1.29, 1.82) is 0 Å². The van der Waals surface area contributed by atoms with Gasteiger partial charge in [-0.05, 0) is 38.6 Å². The van der Waals surface area contributed by atoms with Gasteiger partial charge in [-0.2, -0.15) is 0 Å². The predicted molar refractivity (Wildman–Crippen MR) is 112 cm³/mol. The van der Waals surface area contributed by atoms with Crippen LogP contribution in [-0.4, -0.2) is 79.0 Å². The normalized spacial score (nSPS) is 24.5. The molecule has 2 fully saturated rings. The Hall–Kier alpha value is -0.850. The molecule has 5 nitrogen and oxygen atoms in total. The Kier molecular flexibility index (Phi) is 9.34. The van der Waals surface area contributed by atoms with Crippen LogP contribution in [0.2, 0.25) is 0 Å². The number of rotatable bonds is 3. The molecule has 0 bridgehead atoms. The lowest BCUT2D eigenvalue weighted by molar-refractivity contribution is 0.0603. The second-order valence-corrected chi connectivity index (χ2v) is 7.26. The van der Waals surface area contributed by atoms with Crippen LogP contribution in [-0.2, 0) is 6.54 Å². The van der Waals surface area contributed by atoms with Crippen molar-refractivity contribution in [3.63, 3.8) is 0 Å². The number of carbonyl (C=O) groups is 1. The molecule has 1 N–H and O–H groups in total. The smallest absolute Gasteiger partial charge is 0.254 e. The third kappa shape index (κ3) is 5.57. The zero-order chi connectivity index (χ0) is 17.1. The number of amides is 1. The van der Waals surface area contributed by atoms with Crippen LogP contribution in [0.25, 0.3) is 0 Å². The van der Waals surface area contributed by atoms with Gasteiger partial charge >= 0.3 is 0 Å². The first-order chi connectivity index (χ1) is 11.5. The summed E-state index contributed by atoms with van der Waals surface area (Å²) in [5, 5.41) is 3.42. The second kappa shape index (κ2) is 10.5. The summed E-state index contributed by atoms with van der Waals surface area (Å²) in [6, 6.07) is 8.79. The summed E-state index contributed by atoms with van der Waals surface area (Å²) >= 11 is 0. The average Bonchev–Trinajstić information content (AvgIpc) is 2.59. The minimum absolute atomic E-state index is 0. The molecule has 3 rings (SSSR count). The van der Waals surface area contributed by atoms with Crippen molar-refractivity contribution in [3.8, 4) is 0 Å². The molecule has 2 aliphatic rings. The number of benzene rings is 1. The molecule has 26 heavy (non-hydrogen) atoms. The van der Waals surface area contributed by atoms with E-state index in [0.717, 1.165) is 51.4 Å². The van der Waals surface area contributed by atoms with E-state index in [1.165, 1.54) is 5.56 Å². The third-order valence-electron chi connectivity index (χ3n) is 5.50. The van der Waals surface area contributed by atoms with Crippen LogP contribution in [0.15, 0.2) is 24.3 Å². The highest BCUT2D eigenvalue weighted by Crippen LogP contribution is 2.15. The summed E-state index contributed by atoms with van der Waals surface area (Å²) < 4.78 is 0. The van der Waals surface area contributed by atoms with Gasteiger partial charge in [0.1, 0.15) is 0 Å². The van der Waals surface area contributed by atoms with Crippen LogP contribution in [0.4, 0.5) is 0 Å². The van der Waals surface area contributed by atoms with E-state index in [2.05, 4.69) is 48.1 Å². The predicted octanol–water partition coefficient (Wildman–Crippen LogP) is 2.10. The van der Waals surface area contributed by atoms with E-state index >= 15 is 0 Å². The van der Waals surface area contributed by atoms with Crippen molar-refractivity contribution in [3.05, 3.63) is 35.4 Å². The van der Waals surface area contributed by atoms with E-state index in [9.17, 15) is 4.79 Å². The van der Waals surface area contributed by atoms with Gasteiger partial charge in [-0.15, -0.1) is 24.8 Å². The largest absolute Gasteiger partial charge is 0.333 e. The van der Waals surface area contributed by atoms with Crippen molar-refractivity contribution < 1.29 is 4.79 Å². The minimum Gasteiger partial charge on any atom is -0.333 e. The summed E-state index contributed by atoms with van der Waals surface area (Å²) in [4.78, 5) is 19.6. The Morgan fingerprint density at radius 3 is 2.27 bits per heavy atom. The lowest BCUT2D eigenvalue weighted by Gasteiger charge is -2.38. The Balaban J connectivity index is 0.00000169. The molecule has 1 aromatic carbocycles. The molecule has 2 atom stereocenters. The van der Waals surface area contributed by atoms with Gasteiger partial charge in [0.05, 0.1) is 0 Å². The van der Waals surface area contributed by atoms with Gasteiger partial charge in [-0.1, -0.05) is 12.1 Å². The van der Waals surface area contributed by atoms with Crippen LogP contribution in [0, 0.1) is 0 Å². The highest BCUT2D eigenvalue weighted by molar-refractivity contribution is 5.94. The lowest BCUT2D eigenvalue weighted by Crippen LogP contribution is -2.57. The van der Waals surface area contributed by atoms with E-state index in [0.29, 0.717) is 6.04 Å². The van der Waals surface area contributed by atoms with Crippen molar-refractivity contribution >= 4 is 30.7 Å². The SMILES string of the molecule is CC1NCCN(C(=O)c2ccc(CN3CCN(C)CC3)cc2)C1C.Cl.Cl. The summed E-state index contributed by atoms with van der Waals surface area (Å²) in [6.07, 6.45) is 0. The first kappa shape index (κ1) is 23.2. The molecule has 0 aromatic heterocycles. The summed E-state index contributed by atoms with van der Waals surface area (Å²) in [5.74, 6) is 0.155. The van der Waals surface area contributed by atoms with Crippen molar-refractivity contribution in [1.82, 2.24) is 20.0 Å². The van der Waals surface area contributed by atoms with Crippen molar-refractivity contribution in [2.24, 2.45) is 0 Å². The van der Waals surface area contributed by atoms with Gasteiger partial charge in [-0.25, -0.2) is 0 Å². The highest BCUT2D eigenvalue weighted by Gasteiger charge is 2.28. The van der Waals surface area contributed by atoms with Gasteiger partial charge in [0.15, 0.2) is 0 Å². The Morgan fingerprint density at radius 2 is 1.65 bits per heavy atom. The van der Waals surface area contributed by atoms with Gasteiger partial charge in [0, 0.05) is 63.5 Å². The number of likely N-dealkylation sites (N-methyl/N-ethyl adjacent to an activating group) is 1. The first-order valence-electron chi connectivity index (χ1n) is 9.09. The molecule has 1 amide bonds. The third-order valence-corrected chi connectivity index (χ3v) is 5.50. The lowest BCUT2D eigenvalue weighted by atomic mass is 10.0. The summed E-state index contributed by atoms with van der Waals surface area (Å²) in [5.41, 5.74) is 2.09. The van der Waals surface area contributed by atoms with E-state index in [1.54, 1.807) is 0 Å². The number of nitrogens with one attached hydrogen (secondary N) is 1. The molecule has 2 heterocycles. The Morgan fingerprint density at radius 1 is 1.04 bits per heavy atom. The molecule has 7 heteroatoms. The topological polar surface area (TPSA) is 38.8 Å². The molecule has 148 valence electrons. The average molecular weight is 403 g/mol. The molecule has 2 unspecified atom stereocenters. The maximum atomic E-state index is 12.8. The number of nitrogens with zero attached hydrogens (tertiary/aromatic N) is 3. The van der Waals surface area contributed by atoms with Gasteiger partial charge in [-0.3, -0.25) is 9.69 Å². The molecule has 0 radical (unpaired) electrons. The quantitative estimate of drug-likeness (QED) is 0.839. The standard InChI is InChI=1S/C19H30N4O.2ClH/c1-15-16(2)23(9-8-20-15)19(24)18-6-4-17(5-7-18)14-22-12-10-21(3)11-13-22;;/h4-7,15-16,20H,8-14H2,1-3H3;2*1H. The molecular weight excluding hydrogens is 371 g/mol. The van der Waals surface area contributed by atoms with Gasteiger partial charge < -0.3 is 15.1 Å². The van der Waals surface area contributed by atoms with Crippen molar-refractivity contribution in [2.75, 3.05) is 46.3 Å². The molecule has 1 aromatic rings. The second-order valence-electron chi connectivity index (χ2n) is 7.26. The maximum Gasteiger partial charge on any atom is 0.254 e. The molecule has 0 aliphatic carbocycles. The Bertz CT molecular complexity index is 561. The van der Waals surface area contributed by atoms with E-state index in [-0.39, 0.29) is 36.8 Å². The number of carbonyl (C=O) groups excluding carboxylic acids is 1. The maximum absolute atomic E-state index is 12.8. The number of hydrogen-bond acceptors (Lipinski definition) is 4. The number of halogens is 2. The minimum atomic E-state index is 0. The molecule has 0 saturated carbocycles. The number of hydrogen-bond donors (Lipinski definition) is 1. The number of piperazine rings is 2. The fourth-order valence-electron chi connectivity index (χ4n) is 3.53. The first-order valence-corrected chi connectivity index (χ1v) is 9.09. The van der Waals surface area contributed by atoms with Crippen LogP contribution in [0.5, 0.6) is 0 Å². The highest BCUT2D eigenvalue weighted by atomic mass is 35.5. The summed E-state index contributed by atoms with van der Waals surface area (Å²) in [7, 11) is 2.18. The van der Waals surface area contributed by atoms with Crippen LogP contribution < -0.4 is 5.32 Å². The fourth-order valence-corrected chi connectivity index (χ4v) is 3.53. The van der Waals surface area contributed by atoms with Gasteiger partial charge in [0.25, 0.3) is 5.91 Å². The molecule has 2 aliphatic heterocycles. The van der Waals surface area contributed by atoms with Crippen molar-refractivity contribution in [2.45, 2.75) is 32.5 Å². The van der Waals surface area contributed by atoms with Crippen LogP contribution in [0.1, 0.15) is 29.8 Å².